The molecule has 0 fully saturated rings. The number of nitrogens with one attached hydrogen (secondary N) is 1. The normalized spacial score (nSPS) is 11.0. The van der Waals surface area contributed by atoms with Crippen molar-refractivity contribution in [3.63, 3.8) is 0 Å². The fraction of sp³-hybridized carbons (Fsp3) is 0.375. The Kier molecular flexibility index (Phi) is 7.74. The molecule has 6 nitrogen and oxygen atoms in total. The van der Waals surface area contributed by atoms with Crippen LogP contribution in [0.2, 0.25) is 0 Å². The van der Waals surface area contributed by atoms with Crippen molar-refractivity contribution in [1.29, 1.82) is 0 Å². The lowest BCUT2D eigenvalue weighted by molar-refractivity contribution is -0.113. The summed E-state index contributed by atoms with van der Waals surface area (Å²) in [6.07, 6.45) is 0. The van der Waals surface area contributed by atoms with Crippen molar-refractivity contribution in [1.82, 2.24) is 14.8 Å². The van der Waals surface area contributed by atoms with E-state index in [9.17, 15) is 4.79 Å². The molecule has 0 bridgehead atoms. The second-order valence-corrected chi connectivity index (χ2v) is 8.65. The van der Waals surface area contributed by atoms with Crippen molar-refractivity contribution >= 4 is 23.4 Å². The van der Waals surface area contributed by atoms with Crippen LogP contribution >= 0.6 is 11.8 Å². The molecule has 0 unspecified atom stereocenters. The highest BCUT2D eigenvalue weighted by Gasteiger charge is 2.15. The molecule has 0 spiro atoms. The average molecular weight is 439 g/mol. The Balaban J connectivity index is 1.62. The molecule has 1 amide bonds. The van der Waals surface area contributed by atoms with Crippen LogP contribution in [0.3, 0.4) is 0 Å². The smallest absolute Gasteiger partial charge is 0.234 e. The van der Waals surface area contributed by atoms with E-state index in [1.165, 1.54) is 17.3 Å². The van der Waals surface area contributed by atoms with Gasteiger partial charge >= 0.3 is 0 Å². The summed E-state index contributed by atoms with van der Waals surface area (Å²) in [6, 6.07) is 13.9. The molecular formula is C24H30N4O2S. The molecule has 0 aliphatic rings. The number of rotatable bonds is 9. The van der Waals surface area contributed by atoms with Crippen LogP contribution in [0.25, 0.3) is 0 Å². The zero-order chi connectivity index (χ0) is 22.4. The van der Waals surface area contributed by atoms with Crippen molar-refractivity contribution < 1.29 is 9.53 Å². The highest BCUT2D eigenvalue weighted by molar-refractivity contribution is 7.99. The predicted octanol–water partition coefficient (Wildman–Crippen LogP) is 5.35. The highest BCUT2D eigenvalue weighted by Crippen LogP contribution is 2.25. The number of benzene rings is 2. The van der Waals surface area contributed by atoms with E-state index in [1.54, 1.807) is 0 Å². The molecular weight excluding hydrogens is 408 g/mol. The van der Waals surface area contributed by atoms with Gasteiger partial charge in [-0.2, -0.15) is 0 Å². The summed E-state index contributed by atoms with van der Waals surface area (Å²) >= 11 is 1.38. The van der Waals surface area contributed by atoms with E-state index in [2.05, 4.69) is 42.4 Å². The maximum Gasteiger partial charge on any atom is 0.234 e. The Hall–Kier alpha value is -2.80. The van der Waals surface area contributed by atoms with Gasteiger partial charge in [-0.3, -0.25) is 4.79 Å². The average Bonchev–Trinajstić information content (AvgIpc) is 3.15. The number of aryl methyl sites for hydroxylation is 1. The first-order valence-corrected chi connectivity index (χ1v) is 11.5. The van der Waals surface area contributed by atoms with Gasteiger partial charge < -0.3 is 14.6 Å². The molecule has 0 aliphatic heterocycles. The van der Waals surface area contributed by atoms with E-state index in [4.69, 9.17) is 4.74 Å². The summed E-state index contributed by atoms with van der Waals surface area (Å²) in [4.78, 5) is 12.5. The van der Waals surface area contributed by atoms with Gasteiger partial charge in [-0.05, 0) is 55.5 Å². The van der Waals surface area contributed by atoms with Crippen molar-refractivity contribution in [2.24, 2.45) is 0 Å². The maximum atomic E-state index is 12.5. The van der Waals surface area contributed by atoms with Crippen LogP contribution in [-0.4, -0.2) is 26.4 Å². The van der Waals surface area contributed by atoms with Crippen LogP contribution in [0.5, 0.6) is 5.75 Å². The molecule has 1 aromatic heterocycles. The van der Waals surface area contributed by atoms with Crippen molar-refractivity contribution in [2.45, 2.75) is 58.8 Å². The first-order valence-electron chi connectivity index (χ1n) is 10.5. The van der Waals surface area contributed by atoms with Crippen molar-refractivity contribution in [3.8, 4) is 5.75 Å². The van der Waals surface area contributed by atoms with E-state index in [0.717, 1.165) is 28.4 Å². The minimum atomic E-state index is -0.0584. The first kappa shape index (κ1) is 22.9. The van der Waals surface area contributed by atoms with E-state index >= 15 is 0 Å². The van der Waals surface area contributed by atoms with Gasteiger partial charge in [-0.25, -0.2) is 0 Å². The number of carbonyl (C=O) groups excluding carboxylic acids is 1. The number of thioether (sulfide) groups is 1. The van der Waals surface area contributed by atoms with Gasteiger partial charge in [-0.1, -0.05) is 55.9 Å². The first-order chi connectivity index (χ1) is 14.9. The zero-order valence-electron chi connectivity index (χ0n) is 18.8. The Labute approximate surface area is 188 Å². The van der Waals surface area contributed by atoms with Crippen molar-refractivity contribution in [2.75, 3.05) is 11.1 Å². The van der Waals surface area contributed by atoms with Crippen LogP contribution in [0, 0.1) is 13.8 Å². The third-order valence-corrected chi connectivity index (χ3v) is 6.18. The summed E-state index contributed by atoms with van der Waals surface area (Å²) in [7, 11) is 0. The van der Waals surface area contributed by atoms with Gasteiger partial charge in [0.15, 0.2) is 11.0 Å². The molecule has 0 atom stereocenters. The molecule has 2 aromatic carbocycles. The molecule has 0 saturated heterocycles. The van der Waals surface area contributed by atoms with Gasteiger partial charge in [0.1, 0.15) is 12.4 Å². The number of nitrogens with zero attached hydrogens (tertiary/aromatic N) is 3. The fourth-order valence-electron chi connectivity index (χ4n) is 3.30. The molecule has 3 rings (SSSR count). The lowest BCUT2D eigenvalue weighted by Gasteiger charge is -2.13. The largest absolute Gasteiger partial charge is 0.485 e. The number of hydrogen-bond acceptors (Lipinski definition) is 5. The topological polar surface area (TPSA) is 69.0 Å². The number of anilines is 1. The molecule has 3 aromatic rings. The highest BCUT2D eigenvalue weighted by atomic mass is 32.2. The SMILES string of the molecule is CCn1c(COc2cccc(C)c2C)nnc1SCC(=O)Nc1ccccc1C(C)C. The Morgan fingerprint density at radius 3 is 2.65 bits per heavy atom. The Morgan fingerprint density at radius 2 is 1.90 bits per heavy atom. The van der Waals surface area contributed by atoms with Crippen LogP contribution in [0.4, 0.5) is 5.69 Å². The van der Waals surface area contributed by atoms with Gasteiger partial charge in [0.25, 0.3) is 0 Å². The van der Waals surface area contributed by atoms with Gasteiger partial charge in [0.05, 0.1) is 5.75 Å². The second kappa shape index (κ2) is 10.5. The lowest BCUT2D eigenvalue weighted by Crippen LogP contribution is -2.16. The predicted molar refractivity (Wildman–Crippen MR) is 126 cm³/mol. The summed E-state index contributed by atoms with van der Waals surface area (Å²) in [5.41, 5.74) is 4.31. The van der Waals surface area contributed by atoms with Crippen LogP contribution in [-0.2, 0) is 17.9 Å². The molecule has 7 heteroatoms. The maximum absolute atomic E-state index is 12.5. The number of aromatic nitrogens is 3. The molecule has 0 aliphatic carbocycles. The third-order valence-electron chi connectivity index (χ3n) is 5.21. The zero-order valence-corrected chi connectivity index (χ0v) is 19.6. The third kappa shape index (κ3) is 5.67. The summed E-state index contributed by atoms with van der Waals surface area (Å²) in [5.74, 6) is 2.14. The second-order valence-electron chi connectivity index (χ2n) is 7.71. The number of para-hydroxylation sites is 1. The molecule has 31 heavy (non-hydrogen) atoms. The van der Waals surface area contributed by atoms with Gasteiger partial charge in [0, 0.05) is 12.2 Å². The summed E-state index contributed by atoms with van der Waals surface area (Å²) in [6.45, 7) is 11.4. The lowest BCUT2D eigenvalue weighted by atomic mass is 10.0. The van der Waals surface area contributed by atoms with E-state index < -0.39 is 0 Å². The Bertz CT molecular complexity index is 1050. The quantitative estimate of drug-likeness (QED) is 0.456. The van der Waals surface area contributed by atoms with Crippen LogP contribution in [0.1, 0.15) is 49.2 Å². The van der Waals surface area contributed by atoms with Crippen LogP contribution in [0.15, 0.2) is 47.6 Å². The van der Waals surface area contributed by atoms with Crippen LogP contribution < -0.4 is 10.1 Å². The molecule has 1 N–H and O–H groups in total. The number of amides is 1. The van der Waals surface area contributed by atoms with E-state index in [0.29, 0.717) is 24.2 Å². The number of ether oxygens (including phenoxy) is 1. The number of carbonyl (C=O) groups is 1. The molecule has 1 heterocycles. The minimum absolute atomic E-state index is 0.0584. The van der Waals surface area contributed by atoms with E-state index in [-0.39, 0.29) is 11.7 Å². The fourth-order valence-corrected chi connectivity index (χ4v) is 4.12. The molecule has 0 saturated carbocycles. The van der Waals surface area contributed by atoms with Crippen molar-refractivity contribution in [3.05, 3.63) is 65.0 Å². The van der Waals surface area contributed by atoms with E-state index in [1.807, 2.05) is 54.8 Å². The van der Waals surface area contributed by atoms with Gasteiger partial charge in [0.2, 0.25) is 5.91 Å². The molecule has 0 radical (unpaired) electrons. The minimum Gasteiger partial charge on any atom is -0.485 e. The summed E-state index contributed by atoms with van der Waals surface area (Å²) < 4.78 is 7.98. The monoisotopic (exact) mass is 438 g/mol. The summed E-state index contributed by atoms with van der Waals surface area (Å²) in [5, 5.41) is 12.3. The Morgan fingerprint density at radius 1 is 1.13 bits per heavy atom. The molecule has 164 valence electrons. The standard InChI is InChI=1S/C24H30N4O2S/c1-6-28-22(14-30-21-13-9-10-17(4)18(21)5)26-27-24(28)31-15-23(29)25-20-12-8-7-11-19(20)16(2)3/h7-13,16H,6,14-15H2,1-5H3,(H,25,29). The number of hydrogen-bond donors (Lipinski definition) is 1. The van der Waals surface area contributed by atoms with Gasteiger partial charge in [-0.15, -0.1) is 10.2 Å².